The van der Waals surface area contributed by atoms with E-state index in [0.717, 1.165) is 12.8 Å². The van der Waals surface area contributed by atoms with Crippen LogP contribution >= 0.6 is 11.6 Å². The van der Waals surface area contributed by atoms with Crippen LogP contribution in [-0.2, 0) is 6.61 Å². The van der Waals surface area contributed by atoms with Crippen LogP contribution in [-0.4, -0.2) is 27.2 Å². The van der Waals surface area contributed by atoms with Gasteiger partial charge in [0.25, 0.3) is 0 Å². The number of rotatable bonds is 5. The van der Waals surface area contributed by atoms with Crippen LogP contribution in [0.3, 0.4) is 0 Å². The number of aliphatic hydroxyl groups is 1. The van der Waals surface area contributed by atoms with Crippen molar-refractivity contribution >= 4 is 11.6 Å². The summed E-state index contributed by atoms with van der Waals surface area (Å²) < 4.78 is 19.3. The van der Waals surface area contributed by atoms with Gasteiger partial charge in [-0.25, -0.2) is 9.37 Å². The van der Waals surface area contributed by atoms with E-state index in [4.69, 9.17) is 16.3 Å². The summed E-state index contributed by atoms with van der Waals surface area (Å²) in [6, 6.07) is 10.1. The molecule has 1 aliphatic carbocycles. The third-order valence-electron chi connectivity index (χ3n) is 4.52. The zero-order valence-electron chi connectivity index (χ0n) is 14.6. The normalized spacial score (nSPS) is 13.6. The van der Waals surface area contributed by atoms with Gasteiger partial charge in [0.15, 0.2) is 11.6 Å². The van der Waals surface area contributed by atoms with Crippen LogP contribution in [0.5, 0.6) is 6.01 Å². The van der Waals surface area contributed by atoms with Crippen molar-refractivity contribution in [3.63, 3.8) is 0 Å². The summed E-state index contributed by atoms with van der Waals surface area (Å²) in [4.78, 5) is 13.1. The Morgan fingerprint density at radius 1 is 1.11 bits per heavy atom. The molecule has 1 aromatic heterocycles. The molecule has 1 aliphatic rings. The lowest BCUT2D eigenvalue weighted by molar-refractivity contribution is 0.282. The van der Waals surface area contributed by atoms with Gasteiger partial charge in [0.05, 0.1) is 18.7 Å². The van der Waals surface area contributed by atoms with E-state index in [1.165, 1.54) is 13.2 Å². The van der Waals surface area contributed by atoms with Crippen molar-refractivity contribution in [3.8, 4) is 28.8 Å². The number of nitrogens with zero attached hydrogens (tertiary/aromatic N) is 3. The molecule has 0 aliphatic heterocycles. The lowest BCUT2D eigenvalue weighted by Gasteiger charge is -2.10. The van der Waals surface area contributed by atoms with Crippen molar-refractivity contribution in [2.75, 3.05) is 7.11 Å². The summed E-state index contributed by atoms with van der Waals surface area (Å²) in [6.45, 7) is -0.123. The standard InChI is InChI=1S/C20H17ClFN3O2/c1-27-20-24-18(13-5-7-17(22)14(9-13)12-3-4-12)23-19(25-20)15-8-11(10-26)2-6-16(15)21/h2,5-9,12,26H,3-4,10H2,1H3. The Morgan fingerprint density at radius 3 is 2.59 bits per heavy atom. The van der Waals surface area contributed by atoms with Crippen LogP contribution in [0.25, 0.3) is 22.8 Å². The van der Waals surface area contributed by atoms with Gasteiger partial charge in [-0.1, -0.05) is 17.7 Å². The van der Waals surface area contributed by atoms with E-state index >= 15 is 0 Å². The molecule has 0 atom stereocenters. The zero-order chi connectivity index (χ0) is 19.0. The van der Waals surface area contributed by atoms with Crippen molar-refractivity contribution in [1.82, 2.24) is 15.0 Å². The van der Waals surface area contributed by atoms with E-state index in [1.807, 2.05) is 0 Å². The van der Waals surface area contributed by atoms with Crippen LogP contribution in [0.15, 0.2) is 36.4 Å². The lowest BCUT2D eigenvalue weighted by Crippen LogP contribution is -2.02. The van der Waals surface area contributed by atoms with E-state index in [2.05, 4.69) is 15.0 Å². The fourth-order valence-corrected chi connectivity index (χ4v) is 3.13. The second-order valence-corrected chi connectivity index (χ2v) is 6.86. The maximum atomic E-state index is 14.1. The fraction of sp³-hybridized carbons (Fsp3) is 0.250. The number of halogens is 2. The Bertz CT molecular complexity index is 1010. The number of benzene rings is 2. The number of aromatic nitrogens is 3. The summed E-state index contributed by atoms with van der Waals surface area (Å²) >= 11 is 6.30. The molecule has 1 fully saturated rings. The van der Waals surface area contributed by atoms with Crippen LogP contribution in [0.4, 0.5) is 4.39 Å². The molecule has 27 heavy (non-hydrogen) atoms. The van der Waals surface area contributed by atoms with E-state index in [0.29, 0.717) is 38.9 Å². The highest BCUT2D eigenvalue weighted by atomic mass is 35.5. The number of methoxy groups -OCH3 is 1. The van der Waals surface area contributed by atoms with E-state index in [-0.39, 0.29) is 24.4 Å². The summed E-state index contributed by atoms with van der Waals surface area (Å²) in [5, 5.41) is 9.84. The summed E-state index contributed by atoms with van der Waals surface area (Å²) in [6.07, 6.45) is 1.99. The van der Waals surface area contributed by atoms with Gasteiger partial charge < -0.3 is 9.84 Å². The van der Waals surface area contributed by atoms with Gasteiger partial charge in [0.1, 0.15) is 5.82 Å². The predicted molar refractivity (Wildman–Crippen MR) is 100 cm³/mol. The maximum Gasteiger partial charge on any atom is 0.320 e. The third-order valence-corrected chi connectivity index (χ3v) is 4.85. The highest BCUT2D eigenvalue weighted by Crippen LogP contribution is 2.42. The second kappa shape index (κ2) is 7.21. The Labute approximate surface area is 160 Å². The number of hydrogen-bond acceptors (Lipinski definition) is 5. The topological polar surface area (TPSA) is 68.1 Å². The first-order chi connectivity index (χ1) is 13.1. The molecule has 0 saturated heterocycles. The molecule has 0 unspecified atom stereocenters. The van der Waals surface area contributed by atoms with Crippen molar-refractivity contribution < 1.29 is 14.2 Å². The Hall–Kier alpha value is -2.57. The van der Waals surface area contributed by atoms with E-state index in [9.17, 15) is 9.50 Å². The number of aliphatic hydroxyl groups excluding tert-OH is 1. The Balaban J connectivity index is 1.84. The molecule has 1 heterocycles. The van der Waals surface area contributed by atoms with E-state index < -0.39 is 0 Å². The lowest BCUT2D eigenvalue weighted by atomic mass is 10.1. The zero-order valence-corrected chi connectivity index (χ0v) is 15.4. The molecule has 138 valence electrons. The molecule has 2 aromatic carbocycles. The molecule has 0 radical (unpaired) electrons. The minimum Gasteiger partial charge on any atom is -0.467 e. The number of hydrogen-bond donors (Lipinski definition) is 1. The first-order valence-electron chi connectivity index (χ1n) is 8.58. The molecular formula is C20H17ClFN3O2. The van der Waals surface area contributed by atoms with E-state index in [1.54, 1.807) is 30.3 Å². The smallest absolute Gasteiger partial charge is 0.320 e. The van der Waals surface area contributed by atoms with Crippen molar-refractivity contribution in [2.45, 2.75) is 25.4 Å². The average Bonchev–Trinajstić information content (AvgIpc) is 3.53. The van der Waals surface area contributed by atoms with Gasteiger partial charge in [-0.05, 0) is 60.2 Å². The molecule has 0 spiro atoms. The monoisotopic (exact) mass is 385 g/mol. The van der Waals surface area contributed by atoms with Gasteiger partial charge in [0.2, 0.25) is 0 Å². The van der Waals surface area contributed by atoms with Crippen LogP contribution in [0.2, 0.25) is 5.02 Å². The Morgan fingerprint density at radius 2 is 1.89 bits per heavy atom. The first kappa shape index (κ1) is 17.8. The summed E-state index contributed by atoms with van der Waals surface area (Å²) in [7, 11) is 1.47. The maximum absolute atomic E-state index is 14.1. The molecule has 1 saturated carbocycles. The Kier molecular flexibility index (Phi) is 4.76. The first-order valence-corrected chi connectivity index (χ1v) is 8.96. The van der Waals surface area contributed by atoms with Gasteiger partial charge in [-0.3, -0.25) is 0 Å². The quantitative estimate of drug-likeness (QED) is 0.706. The highest BCUT2D eigenvalue weighted by molar-refractivity contribution is 6.33. The fourth-order valence-electron chi connectivity index (χ4n) is 2.93. The molecular weight excluding hydrogens is 369 g/mol. The largest absolute Gasteiger partial charge is 0.467 e. The molecule has 1 N–H and O–H groups in total. The average molecular weight is 386 g/mol. The van der Waals surface area contributed by atoms with Gasteiger partial charge in [0, 0.05) is 11.1 Å². The van der Waals surface area contributed by atoms with Gasteiger partial charge in [-0.2, -0.15) is 9.97 Å². The van der Waals surface area contributed by atoms with Crippen LogP contribution < -0.4 is 4.74 Å². The molecule has 4 rings (SSSR count). The summed E-state index contributed by atoms with van der Waals surface area (Å²) in [5.74, 6) is 0.767. The van der Waals surface area contributed by atoms with Crippen LogP contribution in [0.1, 0.15) is 29.9 Å². The summed E-state index contributed by atoms with van der Waals surface area (Å²) in [5.41, 5.74) is 2.63. The van der Waals surface area contributed by atoms with Crippen LogP contribution in [0, 0.1) is 5.82 Å². The minimum atomic E-state index is -0.207. The SMILES string of the molecule is COc1nc(-c2ccc(F)c(C3CC3)c2)nc(-c2cc(CO)ccc2Cl)n1. The minimum absolute atomic E-state index is 0.123. The highest BCUT2D eigenvalue weighted by Gasteiger charge is 2.27. The van der Waals surface area contributed by atoms with Crippen molar-refractivity contribution in [1.29, 1.82) is 0 Å². The van der Waals surface area contributed by atoms with Crippen molar-refractivity contribution in [3.05, 3.63) is 58.4 Å². The number of ether oxygens (including phenoxy) is 1. The van der Waals surface area contributed by atoms with Gasteiger partial charge >= 0.3 is 6.01 Å². The molecule has 0 bridgehead atoms. The molecule has 0 amide bonds. The van der Waals surface area contributed by atoms with Crippen molar-refractivity contribution in [2.24, 2.45) is 0 Å². The molecule has 3 aromatic rings. The molecule has 7 heteroatoms. The molecule has 5 nitrogen and oxygen atoms in total. The second-order valence-electron chi connectivity index (χ2n) is 6.45. The van der Waals surface area contributed by atoms with Gasteiger partial charge in [-0.15, -0.1) is 0 Å². The predicted octanol–water partition coefficient (Wildman–Crippen LogP) is 4.38. The third kappa shape index (κ3) is 3.63.